The molecule has 306 valence electrons. The minimum Gasteiger partial charge on any atom is -0.463 e. The van der Waals surface area contributed by atoms with Gasteiger partial charge in [0.1, 0.15) is 34.7 Å². The van der Waals surface area contributed by atoms with Gasteiger partial charge in [0.25, 0.3) is 5.91 Å². The van der Waals surface area contributed by atoms with E-state index in [0.717, 1.165) is 42.6 Å². The number of hydrogen-bond donors (Lipinski definition) is 1. The molecule has 0 spiro atoms. The summed E-state index contributed by atoms with van der Waals surface area (Å²) in [5, 5.41) is 3.07. The lowest BCUT2D eigenvalue weighted by Gasteiger charge is -2.31. The van der Waals surface area contributed by atoms with E-state index < -0.39 is 39.5 Å². The van der Waals surface area contributed by atoms with Gasteiger partial charge in [0.2, 0.25) is 11.8 Å². The number of morpholine rings is 1. The van der Waals surface area contributed by atoms with Crippen LogP contribution in [0.1, 0.15) is 74.7 Å². The Balaban J connectivity index is 1.23. The lowest BCUT2D eigenvalue weighted by Crippen LogP contribution is -2.49. The third kappa shape index (κ3) is 10.9. The molecule has 6 rings (SSSR count). The summed E-state index contributed by atoms with van der Waals surface area (Å²) in [7, 11) is -3.10. The molecule has 0 bridgehead atoms. The highest BCUT2D eigenvalue weighted by Crippen LogP contribution is 2.43. The Morgan fingerprint density at radius 2 is 1.54 bits per heavy atom. The average molecular weight is 801 g/mol. The van der Waals surface area contributed by atoms with E-state index in [1.54, 1.807) is 9.80 Å². The fourth-order valence-corrected chi connectivity index (χ4v) is 9.25. The molecule has 3 fully saturated rings. The van der Waals surface area contributed by atoms with E-state index in [1.807, 2.05) is 84.9 Å². The van der Waals surface area contributed by atoms with Crippen molar-refractivity contribution in [2.45, 2.75) is 83.0 Å². The second-order valence-electron chi connectivity index (χ2n) is 15.7. The number of rotatable bonds is 17. The predicted molar refractivity (Wildman–Crippen MR) is 218 cm³/mol. The van der Waals surface area contributed by atoms with Crippen LogP contribution in [0, 0.1) is 5.41 Å². The topological polar surface area (TPSA) is 143 Å². The van der Waals surface area contributed by atoms with Crippen LogP contribution in [-0.2, 0) is 51.3 Å². The number of hydrogen-bond acceptors (Lipinski definition) is 9. The first-order valence-corrected chi connectivity index (χ1v) is 22.3. The number of benzene rings is 3. The molecule has 1 N–H and O–H groups in total. The number of sulfone groups is 1. The molecule has 13 heteroatoms. The predicted octanol–water partition coefficient (Wildman–Crippen LogP) is 4.87. The third-order valence-corrected chi connectivity index (χ3v) is 12.6. The fraction of sp³-hybridized carbons (Fsp3) is 0.500. The number of carbonyl (C=O) groups is 4. The van der Waals surface area contributed by atoms with Gasteiger partial charge in [-0.15, -0.1) is 0 Å². The van der Waals surface area contributed by atoms with Crippen LogP contribution in [-0.4, -0.2) is 105 Å². The lowest BCUT2D eigenvalue weighted by atomic mass is 9.80. The van der Waals surface area contributed by atoms with Gasteiger partial charge in [-0.2, -0.15) is 0 Å². The van der Waals surface area contributed by atoms with Crippen molar-refractivity contribution >= 4 is 39.2 Å². The Morgan fingerprint density at radius 3 is 2.18 bits per heavy atom. The number of ether oxygens (including phenoxy) is 2. The maximum Gasteiger partial charge on any atom is 0.329 e. The van der Waals surface area contributed by atoms with Crippen molar-refractivity contribution in [3.63, 3.8) is 0 Å². The highest BCUT2D eigenvalue weighted by molar-refractivity contribution is 7.90. The highest BCUT2D eigenvalue weighted by atomic mass is 32.2. The van der Waals surface area contributed by atoms with Crippen LogP contribution < -0.4 is 10.2 Å². The number of esters is 1. The minimum absolute atomic E-state index is 0.0778. The Labute approximate surface area is 336 Å². The molecule has 3 aromatic rings. The first-order valence-electron chi connectivity index (χ1n) is 20.2. The lowest BCUT2D eigenvalue weighted by molar-refractivity contribution is -0.150. The van der Waals surface area contributed by atoms with E-state index in [0.29, 0.717) is 64.0 Å². The molecule has 1 unspecified atom stereocenters. The van der Waals surface area contributed by atoms with Crippen LogP contribution in [0.5, 0.6) is 0 Å². The standard InChI is InChI=1S/C44H56N4O8S/c1-33(49)47-39(32-34-13-5-3-6-14-34)41(50)48(40(47)36-15-7-4-8-16-36)37-19-17-35(18-20-37)31-38(42(51)56-29-26-46-24-27-55-28-25-46)45-43(52)44(21-9-10-22-44)23-11-12-30-57(2,53)54/h3-8,13-20,38-40H,9-12,21-32H2,1-2H3,(H,45,52)/t38-,39+,40?/m0/s1. The van der Waals surface area contributed by atoms with Crippen molar-refractivity contribution in [3.05, 3.63) is 102 Å². The van der Waals surface area contributed by atoms with Crippen molar-refractivity contribution in [1.29, 1.82) is 0 Å². The van der Waals surface area contributed by atoms with E-state index in [1.165, 1.54) is 13.2 Å². The summed E-state index contributed by atoms with van der Waals surface area (Å²) in [5.74, 6) is -1.05. The molecule has 57 heavy (non-hydrogen) atoms. The van der Waals surface area contributed by atoms with Gasteiger partial charge in [-0.25, -0.2) is 13.2 Å². The largest absolute Gasteiger partial charge is 0.463 e. The van der Waals surface area contributed by atoms with Crippen LogP contribution in [0.2, 0.25) is 0 Å². The number of amides is 3. The molecule has 3 amide bonds. The molecular weight excluding hydrogens is 745 g/mol. The molecule has 2 aliphatic heterocycles. The average Bonchev–Trinajstić information content (AvgIpc) is 3.80. The third-order valence-electron chi connectivity index (χ3n) is 11.6. The molecule has 3 aromatic carbocycles. The van der Waals surface area contributed by atoms with Crippen LogP contribution in [0.4, 0.5) is 5.69 Å². The molecule has 3 aliphatic rings. The van der Waals surface area contributed by atoms with Crippen LogP contribution in [0.3, 0.4) is 0 Å². The van der Waals surface area contributed by atoms with E-state index >= 15 is 0 Å². The molecule has 1 aliphatic carbocycles. The summed E-state index contributed by atoms with van der Waals surface area (Å²) in [6, 6.07) is 24.9. The Bertz CT molecular complexity index is 1930. The van der Waals surface area contributed by atoms with E-state index in [4.69, 9.17) is 9.47 Å². The maximum atomic E-state index is 14.4. The van der Waals surface area contributed by atoms with Gasteiger partial charge in [-0.3, -0.25) is 24.2 Å². The normalized spacial score (nSPS) is 20.4. The summed E-state index contributed by atoms with van der Waals surface area (Å²) in [5.41, 5.74) is 2.45. The SMILES string of the molecule is CC(=O)N1C(c2ccccc2)N(c2ccc(C[C@H](NC(=O)C3(CCCCS(C)(=O)=O)CCCC3)C(=O)OCCN3CCOCC3)cc2)C(=O)[C@H]1Cc1ccccc1. The zero-order chi connectivity index (χ0) is 40.4. The van der Waals surface area contributed by atoms with Crippen LogP contribution >= 0.6 is 0 Å². The molecule has 0 aromatic heterocycles. The van der Waals surface area contributed by atoms with Crippen molar-refractivity contribution in [2.75, 3.05) is 56.4 Å². The minimum atomic E-state index is -3.10. The maximum absolute atomic E-state index is 14.4. The summed E-state index contributed by atoms with van der Waals surface area (Å²) in [6.45, 7) is 5.00. The van der Waals surface area contributed by atoms with Gasteiger partial charge in [0.15, 0.2) is 0 Å². The first kappa shape index (κ1) is 42.0. The molecule has 1 saturated carbocycles. The Kier molecular flexibility index (Phi) is 14.2. The highest BCUT2D eigenvalue weighted by Gasteiger charge is 2.49. The van der Waals surface area contributed by atoms with Crippen LogP contribution in [0.15, 0.2) is 84.9 Å². The second-order valence-corrected chi connectivity index (χ2v) is 18.0. The number of nitrogens with one attached hydrogen (secondary N) is 1. The monoisotopic (exact) mass is 800 g/mol. The number of carbonyl (C=O) groups excluding carboxylic acids is 4. The molecular formula is C44H56N4O8S. The zero-order valence-corrected chi connectivity index (χ0v) is 34.0. The quantitative estimate of drug-likeness (QED) is 0.150. The number of nitrogens with zero attached hydrogens (tertiary/aromatic N) is 3. The number of unbranched alkanes of at least 4 members (excludes halogenated alkanes) is 1. The second kappa shape index (κ2) is 19.2. The van der Waals surface area contributed by atoms with Gasteiger partial charge in [0.05, 0.1) is 13.2 Å². The van der Waals surface area contributed by atoms with E-state index in [-0.39, 0.29) is 36.5 Å². The summed E-state index contributed by atoms with van der Waals surface area (Å²) >= 11 is 0. The molecule has 0 radical (unpaired) electrons. The molecule has 2 heterocycles. The summed E-state index contributed by atoms with van der Waals surface area (Å²) < 4.78 is 34.8. The van der Waals surface area contributed by atoms with Crippen LogP contribution in [0.25, 0.3) is 0 Å². The zero-order valence-electron chi connectivity index (χ0n) is 33.1. The Morgan fingerprint density at radius 1 is 0.895 bits per heavy atom. The molecule has 3 atom stereocenters. The van der Waals surface area contributed by atoms with Crippen molar-refractivity contribution in [1.82, 2.24) is 15.1 Å². The van der Waals surface area contributed by atoms with Gasteiger partial charge in [-0.05, 0) is 54.5 Å². The molecule has 12 nitrogen and oxygen atoms in total. The van der Waals surface area contributed by atoms with Gasteiger partial charge < -0.3 is 19.7 Å². The van der Waals surface area contributed by atoms with Gasteiger partial charge in [-0.1, -0.05) is 92.1 Å². The fourth-order valence-electron chi connectivity index (χ4n) is 8.52. The molecule has 2 saturated heterocycles. The number of anilines is 1. The smallest absolute Gasteiger partial charge is 0.329 e. The van der Waals surface area contributed by atoms with Gasteiger partial charge >= 0.3 is 5.97 Å². The van der Waals surface area contributed by atoms with E-state index in [9.17, 15) is 27.6 Å². The van der Waals surface area contributed by atoms with Crippen molar-refractivity contribution < 1.29 is 37.1 Å². The van der Waals surface area contributed by atoms with Crippen molar-refractivity contribution in [3.8, 4) is 0 Å². The van der Waals surface area contributed by atoms with Crippen molar-refractivity contribution in [2.24, 2.45) is 5.41 Å². The summed E-state index contributed by atoms with van der Waals surface area (Å²) in [6.07, 6.45) is 5.87. The van der Waals surface area contributed by atoms with E-state index in [2.05, 4.69) is 10.2 Å². The Hall–Kier alpha value is -4.59. The van der Waals surface area contributed by atoms with Gasteiger partial charge in [0, 0.05) is 62.5 Å². The first-order chi connectivity index (χ1) is 27.4. The summed E-state index contributed by atoms with van der Waals surface area (Å²) in [4.78, 5) is 61.1.